The quantitative estimate of drug-likeness (QED) is 0.319. The molecule has 0 spiro atoms. The number of ketones is 1. The lowest BCUT2D eigenvalue weighted by Crippen LogP contribution is -2.35. The Kier molecular flexibility index (Phi) is 9.62. The molecule has 1 aromatic heterocycles. The molecule has 0 aliphatic rings. The van der Waals surface area contributed by atoms with Crippen molar-refractivity contribution in [2.75, 3.05) is 33.5 Å². The van der Waals surface area contributed by atoms with Gasteiger partial charge in [-0.15, -0.1) is 11.3 Å². The number of aliphatic hydroxyl groups excluding tert-OH is 1. The number of carbonyl (C=O) groups is 2. The number of aromatic nitrogens is 1. The third kappa shape index (κ3) is 7.70. The molecule has 0 saturated carbocycles. The third-order valence-electron chi connectivity index (χ3n) is 5.95. The SMILES string of the molecule is [2H]COc1ccc([C@@H](O)C(=O)N(CCCc2ccccc2)Cc2nc(C(=O)CS(=O)(=O)N(C)C)c(C)s2)cc1. The lowest BCUT2D eigenvalue weighted by atomic mass is 10.1. The summed E-state index contributed by atoms with van der Waals surface area (Å²) in [4.78, 5) is 32.6. The Labute approximate surface area is 229 Å². The fourth-order valence-corrected chi connectivity index (χ4v) is 5.44. The van der Waals surface area contributed by atoms with Crippen molar-refractivity contribution in [2.24, 2.45) is 0 Å². The molecular formula is C27H33N3O6S2. The summed E-state index contributed by atoms with van der Waals surface area (Å²) in [6.07, 6.45) is -0.0713. The lowest BCUT2D eigenvalue weighted by Gasteiger charge is -2.25. The molecule has 0 bridgehead atoms. The molecule has 2 aromatic carbocycles. The van der Waals surface area contributed by atoms with Crippen LogP contribution in [0.25, 0.3) is 0 Å². The first kappa shape index (κ1) is 27.9. The normalized spacial score (nSPS) is 12.7. The second kappa shape index (κ2) is 13.1. The minimum atomic E-state index is -3.75. The number of nitrogens with zero attached hydrogens (tertiary/aromatic N) is 3. The smallest absolute Gasteiger partial charge is 0.256 e. The van der Waals surface area contributed by atoms with E-state index in [2.05, 4.69) is 4.98 Å². The maximum atomic E-state index is 13.4. The van der Waals surface area contributed by atoms with Gasteiger partial charge in [0.2, 0.25) is 10.0 Å². The van der Waals surface area contributed by atoms with Crippen LogP contribution in [0.2, 0.25) is 0 Å². The van der Waals surface area contributed by atoms with Crippen LogP contribution in [0.4, 0.5) is 0 Å². The number of hydrogen-bond acceptors (Lipinski definition) is 8. The molecule has 3 rings (SSSR count). The predicted molar refractivity (Wildman–Crippen MR) is 147 cm³/mol. The number of rotatable bonds is 13. The molecule has 3 aromatic rings. The van der Waals surface area contributed by atoms with Gasteiger partial charge in [-0.3, -0.25) is 9.59 Å². The van der Waals surface area contributed by atoms with E-state index < -0.39 is 33.6 Å². The average molecular weight is 561 g/mol. The Balaban J connectivity index is 1.79. The maximum absolute atomic E-state index is 13.4. The molecule has 1 N–H and O–H groups in total. The van der Waals surface area contributed by atoms with Gasteiger partial charge in [0.1, 0.15) is 22.2 Å². The Morgan fingerprint density at radius 2 is 1.82 bits per heavy atom. The zero-order valence-electron chi connectivity index (χ0n) is 22.7. The number of carbonyl (C=O) groups excluding carboxylic acids is 2. The van der Waals surface area contributed by atoms with Crippen LogP contribution in [0.15, 0.2) is 54.6 Å². The zero-order valence-corrected chi connectivity index (χ0v) is 23.3. The first-order valence-corrected chi connectivity index (χ1v) is 14.4. The highest BCUT2D eigenvalue weighted by Gasteiger charge is 2.27. The Hall–Kier alpha value is -3.12. The van der Waals surface area contributed by atoms with E-state index in [9.17, 15) is 23.1 Å². The van der Waals surface area contributed by atoms with Crippen LogP contribution >= 0.6 is 11.3 Å². The fourth-order valence-electron chi connectivity index (χ4n) is 3.75. The fraction of sp³-hybridized carbons (Fsp3) is 0.370. The minimum absolute atomic E-state index is 0.0595. The van der Waals surface area contributed by atoms with Crippen molar-refractivity contribution in [3.8, 4) is 5.75 Å². The van der Waals surface area contributed by atoms with Crippen molar-refractivity contribution < 1.29 is 29.2 Å². The van der Waals surface area contributed by atoms with Crippen molar-refractivity contribution in [1.82, 2.24) is 14.2 Å². The number of thiazole rings is 1. The van der Waals surface area contributed by atoms with Crippen molar-refractivity contribution in [2.45, 2.75) is 32.4 Å². The van der Waals surface area contributed by atoms with Gasteiger partial charge in [0.05, 0.1) is 15.0 Å². The minimum Gasteiger partial charge on any atom is -0.497 e. The number of sulfonamides is 1. The summed E-state index contributed by atoms with van der Waals surface area (Å²) in [5, 5.41) is 11.4. The number of ether oxygens (including phenoxy) is 1. The van der Waals surface area contributed by atoms with Crippen LogP contribution in [-0.2, 0) is 27.8 Å². The van der Waals surface area contributed by atoms with E-state index in [-0.39, 0.29) is 19.3 Å². The molecule has 1 atom stereocenters. The van der Waals surface area contributed by atoms with Crippen molar-refractivity contribution >= 4 is 33.1 Å². The summed E-state index contributed by atoms with van der Waals surface area (Å²) in [5.74, 6) is -1.36. The predicted octanol–water partition coefficient (Wildman–Crippen LogP) is 3.23. The van der Waals surface area contributed by atoms with Gasteiger partial charge in [-0.05, 0) is 43.0 Å². The van der Waals surface area contributed by atoms with Crippen LogP contribution < -0.4 is 4.74 Å². The molecule has 0 radical (unpaired) electrons. The Morgan fingerprint density at radius 1 is 1.13 bits per heavy atom. The number of amides is 1. The molecular weight excluding hydrogens is 526 g/mol. The number of aryl methyl sites for hydroxylation is 2. The summed E-state index contributed by atoms with van der Waals surface area (Å²) < 4.78 is 37.6. The van der Waals surface area contributed by atoms with Gasteiger partial charge in [0.25, 0.3) is 5.91 Å². The largest absolute Gasteiger partial charge is 0.497 e. The first-order chi connectivity index (χ1) is 18.5. The van der Waals surface area contributed by atoms with Crippen molar-refractivity contribution in [1.29, 1.82) is 0 Å². The monoisotopic (exact) mass is 560 g/mol. The molecule has 0 aliphatic heterocycles. The highest BCUT2D eigenvalue weighted by atomic mass is 32.2. The van der Waals surface area contributed by atoms with Gasteiger partial charge < -0.3 is 14.7 Å². The first-order valence-electron chi connectivity index (χ1n) is 12.6. The third-order valence-corrected chi connectivity index (χ3v) is 8.64. The van der Waals surface area contributed by atoms with E-state index in [1.807, 2.05) is 30.3 Å². The lowest BCUT2D eigenvalue weighted by molar-refractivity contribution is -0.141. The van der Waals surface area contributed by atoms with Crippen LogP contribution in [0, 0.1) is 6.92 Å². The van der Waals surface area contributed by atoms with Crippen LogP contribution in [-0.4, -0.2) is 72.9 Å². The van der Waals surface area contributed by atoms with Gasteiger partial charge in [-0.2, -0.15) is 0 Å². The molecule has 1 amide bonds. The molecule has 9 nitrogen and oxygen atoms in total. The van der Waals surface area contributed by atoms with E-state index in [1.165, 1.54) is 30.3 Å². The number of methoxy groups -OCH3 is 1. The molecule has 0 fully saturated rings. The summed E-state index contributed by atoms with van der Waals surface area (Å²) in [6.45, 7) is 2.08. The maximum Gasteiger partial charge on any atom is 0.256 e. The molecule has 0 unspecified atom stereocenters. The molecule has 0 aliphatic carbocycles. The average Bonchev–Trinajstić information content (AvgIpc) is 3.28. The van der Waals surface area contributed by atoms with Crippen molar-refractivity contribution in [3.63, 3.8) is 0 Å². The number of benzene rings is 2. The van der Waals surface area contributed by atoms with E-state index >= 15 is 0 Å². The summed E-state index contributed by atoms with van der Waals surface area (Å²) in [6, 6.07) is 16.2. The van der Waals surface area contributed by atoms with E-state index in [1.54, 1.807) is 31.2 Å². The topological polar surface area (TPSA) is 117 Å². The number of Topliss-reactive ketones (excluding diaryl/α,β-unsaturated/α-hetero) is 1. The van der Waals surface area contributed by atoms with Crippen LogP contribution in [0.5, 0.6) is 5.75 Å². The van der Waals surface area contributed by atoms with Gasteiger partial charge in [-0.25, -0.2) is 17.7 Å². The van der Waals surface area contributed by atoms with Gasteiger partial charge in [0.15, 0.2) is 11.9 Å². The van der Waals surface area contributed by atoms with Gasteiger partial charge >= 0.3 is 0 Å². The number of aliphatic hydroxyl groups is 1. The summed E-state index contributed by atoms with van der Waals surface area (Å²) >= 11 is 1.22. The molecule has 0 saturated heterocycles. The van der Waals surface area contributed by atoms with Crippen LogP contribution in [0.1, 0.15) is 45.4 Å². The van der Waals surface area contributed by atoms with E-state index in [0.717, 1.165) is 16.3 Å². The number of hydrogen-bond donors (Lipinski definition) is 1. The standard InChI is InChI=1S/C27H33N3O6S2/c1-19-25(23(31)18-38(34,35)29(2)3)28-24(37-19)17-30(16-8-11-20-9-6-5-7-10-20)27(33)26(32)21-12-14-22(36-4)15-13-21/h5-7,9-10,12-15,26,32H,8,11,16-18H2,1-4H3/t26-/m1/s1/i4D. The van der Waals surface area contributed by atoms with E-state index in [4.69, 9.17) is 6.11 Å². The van der Waals surface area contributed by atoms with Gasteiger partial charge in [0, 0.05) is 25.5 Å². The van der Waals surface area contributed by atoms with E-state index in [0.29, 0.717) is 34.2 Å². The molecule has 1 heterocycles. The van der Waals surface area contributed by atoms with Crippen LogP contribution in [0.3, 0.4) is 0 Å². The molecule has 11 heteroatoms. The second-order valence-corrected chi connectivity index (χ2v) is 12.4. The summed E-state index contributed by atoms with van der Waals surface area (Å²) in [7, 11) is -1.26. The Bertz CT molecular complexity index is 1360. The second-order valence-electron chi connectivity index (χ2n) is 8.94. The molecule has 204 valence electrons. The Morgan fingerprint density at radius 3 is 2.45 bits per heavy atom. The zero-order chi connectivity index (χ0) is 28.6. The highest BCUT2D eigenvalue weighted by molar-refractivity contribution is 7.89. The van der Waals surface area contributed by atoms with Gasteiger partial charge in [-0.1, -0.05) is 42.5 Å². The highest BCUT2D eigenvalue weighted by Crippen LogP contribution is 2.24. The molecule has 38 heavy (non-hydrogen) atoms. The summed E-state index contributed by atoms with van der Waals surface area (Å²) in [5.41, 5.74) is 1.57. The van der Waals surface area contributed by atoms with Crippen molar-refractivity contribution in [3.05, 3.63) is 81.3 Å².